The van der Waals surface area contributed by atoms with E-state index in [0.29, 0.717) is 44.3 Å². The van der Waals surface area contributed by atoms with Gasteiger partial charge in [-0.1, -0.05) is 23.2 Å². The number of carboxylic acids is 2. The molecule has 6 rings (SSSR count). The molecule has 2 heterocycles. The summed E-state index contributed by atoms with van der Waals surface area (Å²) in [4.78, 5) is 72.9. The monoisotopic (exact) mass is 878 g/mol. The number of halogens is 4. The van der Waals surface area contributed by atoms with E-state index in [2.05, 4.69) is 10.6 Å². The smallest absolute Gasteiger partial charge is 0.325 e. The molecule has 2 amide bonds. The second-order valence-electron chi connectivity index (χ2n) is 14.1. The summed E-state index contributed by atoms with van der Waals surface area (Å²) in [7, 11) is 0. The third kappa shape index (κ3) is 10.2. The minimum absolute atomic E-state index is 0.0458. The number of fused-ring (bicyclic) bond motifs is 2. The molecule has 0 saturated heterocycles. The number of carboxylic acid groups (broad SMARTS) is 2. The molecule has 18 heteroatoms. The van der Waals surface area contributed by atoms with Crippen molar-refractivity contribution < 1.29 is 58.0 Å². The molecule has 0 aliphatic heterocycles. The number of nitrogens with zero attached hydrogens (tertiary/aromatic N) is 2. The van der Waals surface area contributed by atoms with Crippen molar-refractivity contribution >= 4 is 80.6 Å². The summed E-state index contributed by atoms with van der Waals surface area (Å²) in [5.74, 6) is -5.83. The summed E-state index contributed by atoms with van der Waals surface area (Å²) in [6, 6.07) is 14.5. The predicted octanol–water partition coefficient (Wildman–Crippen LogP) is 6.93. The van der Waals surface area contributed by atoms with Gasteiger partial charge in [-0.25, -0.2) is 8.78 Å². The summed E-state index contributed by atoms with van der Waals surface area (Å²) in [5.41, 5.74) is 2.78. The highest BCUT2D eigenvalue weighted by molar-refractivity contribution is 6.31. The van der Waals surface area contributed by atoms with Crippen molar-refractivity contribution in [3.63, 3.8) is 0 Å². The van der Waals surface area contributed by atoms with Gasteiger partial charge in [-0.3, -0.25) is 37.9 Å². The third-order valence-corrected chi connectivity index (χ3v) is 10.3. The predicted molar refractivity (Wildman–Crippen MR) is 221 cm³/mol. The molecule has 0 fully saturated rings. The Bertz CT molecular complexity index is 2770. The quantitative estimate of drug-likeness (QED) is 0.0789. The van der Waals surface area contributed by atoms with E-state index in [4.69, 9.17) is 33.4 Å². The summed E-state index contributed by atoms with van der Waals surface area (Å²) in [5, 5.41) is 43.3. The first kappa shape index (κ1) is 45.3. The first-order valence-electron chi connectivity index (χ1n) is 18.4. The normalized spacial score (nSPS) is 12.0. The van der Waals surface area contributed by atoms with Crippen LogP contribution in [0.3, 0.4) is 0 Å². The molecule has 0 saturated carbocycles. The lowest BCUT2D eigenvalue weighted by molar-refractivity contribution is -0.141. The number of benzene rings is 4. The Morgan fingerprint density at radius 1 is 0.639 bits per heavy atom. The number of amides is 2. The minimum atomic E-state index is -1.18. The molecular formula is C43H38Cl2F2N4O10. The maximum Gasteiger partial charge on any atom is 0.325 e. The Morgan fingerprint density at radius 2 is 1.05 bits per heavy atom. The molecule has 318 valence electrons. The number of aromatic nitrogens is 2. The molecule has 2 aromatic heterocycles. The second-order valence-corrected chi connectivity index (χ2v) is 14.9. The van der Waals surface area contributed by atoms with E-state index in [1.165, 1.54) is 76.7 Å². The van der Waals surface area contributed by atoms with Crippen LogP contribution in [0.1, 0.15) is 63.5 Å². The fraction of sp³-hybridized carbons (Fsp3) is 0.209. The van der Waals surface area contributed by atoms with Crippen LogP contribution in [0.5, 0.6) is 11.5 Å². The van der Waals surface area contributed by atoms with Gasteiger partial charge in [-0.15, -0.1) is 0 Å². The van der Waals surface area contributed by atoms with Crippen molar-refractivity contribution in [2.75, 3.05) is 0 Å². The van der Waals surface area contributed by atoms with E-state index in [1.807, 2.05) is 0 Å². The number of carbonyl (C=O) groups excluding carboxylic acids is 4. The summed E-state index contributed by atoms with van der Waals surface area (Å²) < 4.78 is 30.4. The third-order valence-electron chi connectivity index (χ3n) is 9.69. The topological polar surface area (TPSA) is 217 Å². The lowest BCUT2D eigenvalue weighted by atomic mass is 10.1. The standard InChI is InChI=1S/C22H20ClFN2O5.C21H18ClFN2O5/c1-11(7-21(29)30)25-20(28)10-15-12(2)26(19-6-4-14(27)9-16(15)19)22(31)13-3-5-17(23)18(24)8-13;1-10(21(29)30)24-19(27)9-14-11(2)25(18-6-4-13(26)8-15(14)18)20(28)12-3-5-16(22)17(23)7-12/h3-6,8-9,11,27H,7,10H2,1-2H3,(H,25,28)(H,29,30);3-8,10,26H,9H2,1-2H3,(H,24,27)(H,29,30). The molecule has 61 heavy (non-hydrogen) atoms. The number of aromatic hydroxyl groups is 2. The zero-order chi connectivity index (χ0) is 45.0. The average Bonchev–Trinajstić information content (AvgIpc) is 3.60. The average molecular weight is 880 g/mol. The molecular weight excluding hydrogens is 841 g/mol. The summed E-state index contributed by atoms with van der Waals surface area (Å²) in [6.45, 7) is 6.17. The van der Waals surface area contributed by atoms with E-state index in [0.717, 1.165) is 12.1 Å². The van der Waals surface area contributed by atoms with Crippen LogP contribution in [-0.2, 0) is 32.0 Å². The summed E-state index contributed by atoms with van der Waals surface area (Å²) in [6.07, 6.45) is -0.572. The van der Waals surface area contributed by atoms with Crippen molar-refractivity contribution in [1.82, 2.24) is 19.8 Å². The van der Waals surface area contributed by atoms with Gasteiger partial charge in [-0.05, 0) is 112 Å². The van der Waals surface area contributed by atoms with Gasteiger partial charge in [0, 0.05) is 39.3 Å². The Labute approximate surface area is 355 Å². The van der Waals surface area contributed by atoms with Gasteiger partial charge in [0.1, 0.15) is 29.2 Å². The van der Waals surface area contributed by atoms with E-state index in [-0.39, 0.29) is 51.9 Å². The van der Waals surface area contributed by atoms with Gasteiger partial charge in [0.25, 0.3) is 11.8 Å². The Morgan fingerprint density at radius 3 is 1.43 bits per heavy atom. The molecule has 2 atom stereocenters. The maximum atomic E-state index is 13.9. The number of carbonyl (C=O) groups is 6. The highest BCUT2D eigenvalue weighted by Crippen LogP contribution is 2.32. The number of hydrogen-bond acceptors (Lipinski definition) is 8. The zero-order valence-electron chi connectivity index (χ0n) is 32.8. The van der Waals surface area contributed by atoms with Crippen molar-refractivity contribution in [3.8, 4) is 11.5 Å². The molecule has 0 bridgehead atoms. The molecule has 0 radical (unpaired) electrons. The fourth-order valence-electron chi connectivity index (χ4n) is 6.74. The molecule has 6 aromatic rings. The second kappa shape index (κ2) is 18.6. The lowest BCUT2D eigenvalue weighted by Gasteiger charge is -2.12. The van der Waals surface area contributed by atoms with Crippen LogP contribution in [-0.4, -0.2) is 77.2 Å². The molecule has 14 nitrogen and oxygen atoms in total. The molecule has 0 spiro atoms. The summed E-state index contributed by atoms with van der Waals surface area (Å²) >= 11 is 11.4. The Hall–Kier alpha value is -6.78. The van der Waals surface area contributed by atoms with E-state index < -0.39 is 59.3 Å². The van der Waals surface area contributed by atoms with Crippen molar-refractivity contribution in [2.45, 2.75) is 59.0 Å². The Balaban J connectivity index is 0.000000231. The van der Waals surface area contributed by atoms with E-state index in [9.17, 15) is 47.8 Å². The zero-order valence-corrected chi connectivity index (χ0v) is 34.4. The fourth-order valence-corrected chi connectivity index (χ4v) is 6.98. The van der Waals surface area contributed by atoms with Gasteiger partial charge >= 0.3 is 11.9 Å². The number of phenols is 2. The molecule has 0 aliphatic rings. The van der Waals surface area contributed by atoms with Crippen LogP contribution in [0.25, 0.3) is 21.8 Å². The van der Waals surface area contributed by atoms with Crippen LogP contribution >= 0.6 is 23.2 Å². The van der Waals surface area contributed by atoms with Crippen LogP contribution in [0.15, 0.2) is 72.8 Å². The molecule has 2 unspecified atom stereocenters. The van der Waals surface area contributed by atoms with Crippen molar-refractivity contribution in [3.05, 3.63) is 128 Å². The number of aliphatic carboxylic acids is 2. The van der Waals surface area contributed by atoms with Gasteiger partial charge in [0.15, 0.2) is 0 Å². The molecule has 6 N–H and O–H groups in total. The van der Waals surface area contributed by atoms with E-state index >= 15 is 0 Å². The lowest BCUT2D eigenvalue weighted by Crippen LogP contribution is -2.39. The molecule has 4 aromatic carbocycles. The van der Waals surface area contributed by atoms with Crippen molar-refractivity contribution in [2.24, 2.45) is 0 Å². The number of hydrogen-bond donors (Lipinski definition) is 6. The van der Waals surface area contributed by atoms with Crippen LogP contribution in [0, 0.1) is 25.5 Å². The first-order valence-corrected chi connectivity index (χ1v) is 19.1. The van der Waals surface area contributed by atoms with Crippen LogP contribution in [0.2, 0.25) is 10.0 Å². The van der Waals surface area contributed by atoms with Gasteiger partial charge < -0.3 is 31.1 Å². The van der Waals surface area contributed by atoms with Crippen LogP contribution < -0.4 is 10.6 Å². The first-order chi connectivity index (χ1) is 28.7. The van der Waals surface area contributed by atoms with Gasteiger partial charge in [-0.2, -0.15) is 0 Å². The van der Waals surface area contributed by atoms with Gasteiger partial charge in [0.05, 0.1) is 40.3 Å². The number of nitrogens with one attached hydrogen (secondary N) is 2. The van der Waals surface area contributed by atoms with Gasteiger partial charge in [0.2, 0.25) is 11.8 Å². The van der Waals surface area contributed by atoms with Crippen molar-refractivity contribution in [1.29, 1.82) is 0 Å². The Kier molecular flexibility index (Phi) is 13.8. The highest BCUT2D eigenvalue weighted by Gasteiger charge is 2.25. The largest absolute Gasteiger partial charge is 0.508 e. The van der Waals surface area contributed by atoms with Crippen LogP contribution in [0.4, 0.5) is 8.78 Å². The maximum absolute atomic E-state index is 13.9. The minimum Gasteiger partial charge on any atom is -0.508 e. The highest BCUT2D eigenvalue weighted by atomic mass is 35.5. The van der Waals surface area contributed by atoms with E-state index in [1.54, 1.807) is 20.8 Å². The molecule has 0 aliphatic carbocycles. The SMILES string of the molecule is Cc1c(CC(=O)NC(C)C(=O)O)c2cc(O)ccc2n1C(=O)c1ccc(Cl)c(F)c1.Cc1c(CC(=O)NC(C)CC(=O)O)c2cc(O)ccc2n1C(=O)c1ccc(Cl)c(F)c1. The number of phenolic OH excluding ortho intramolecular Hbond substituents is 2. The number of rotatable bonds is 11.